The number of alkyl halides is 4. The third-order valence-corrected chi connectivity index (χ3v) is 7.72. The zero-order valence-corrected chi connectivity index (χ0v) is 18.3. The average molecular weight is 451 g/mol. The number of ether oxygens (including phenoxy) is 2. The Morgan fingerprint density at radius 3 is 1.68 bits per heavy atom. The molecule has 3 aliphatic carbocycles. The summed E-state index contributed by atoms with van der Waals surface area (Å²) < 4.78 is 68.9. The maximum atomic E-state index is 14.7. The first-order valence-electron chi connectivity index (χ1n) is 11.8. The third-order valence-electron chi connectivity index (χ3n) is 7.72. The molecule has 0 aromatic carbocycles. The van der Waals surface area contributed by atoms with Crippen LogP contribution in [0.15, 0.2) is 0 Å². The fourth-order valence-corrected chi connectivity index (χ4v) is 5.69. The van der Waals surface area contributed by atoms with Gasteiger partial charge < -0.3 is 9.47 Å². The molecule has 0 heterocycles. The molecule has 0 aromatic heterocycles. The van der Waals surface area contributed by atoms with Gasteiger partial charge in [-0.3, -0.25) is 0 Å². The Bertz CT molecular complexity index is 646. The van der Waals surface area contributed by atoms with E-state index in [0.29, 0.717) is 51.4 Å². The SMILES string of the molecule is CCC1(OC(=O)C(F)(F)C(F)(F)C(=O)OC2(C3CCCC3)CCCCC2)CCCCC1. The molecule has 8 heteroatoms. The van der Waals surface area contributed by atoms with Crippen molar-refractivity contribution in [1.82, 2.24) is 0 Å². The third kappa shape index (κ3) is 4.72. The molecule has 4 nitrogen and oxygen atoms in total. The Hall–Kier alpha value is -1.34. The van der Waals surface area contributed by atoms with Gasteiger partial charge in [0.15, 0.2) is 0 Å². The molecule has 0 unspecified atom stereocenters. The van der Waals surface area contributed by atoms with E-state index in [9.17, 15) is 27.2 Å². The number of carbonyl (C=O) groups is 2. The summed E-state index contributed by atoms with van der Waals surface area (Å²) in [7, 11) is 0. The van der Waals surface area contributed by atoms with E-state index in [0.717, 1.165) is 38.5 Å². The first-order chi connectivity index (χ1) is 14.6. The van der Waals surface area contributed by atoms with Gasteiger partial charge in [-0.15, -0.1) is 0 Å². The smallest absolute Gasteiger partial charge is 0.415 e. The largest absolute Gasteiger partial charge is 0.454 e. The molecule has 3 rings (SSSR count). The van der Waals surface area contributed by atoms with Crippen molar-refractivity contribution < 1.29 is 36.6 Å². The molecule has 0 aromatic rings. The van der Waals surface area contributed by atoms with Crippen LogP contribution >= 0.6 is 0 Å². The highest BCUT2D eigenvalue weighted by Gasteiger charge is 2.71. The maximum Gasteiger partial charge on any atom is 0.415 e. The molecule has 3 aliphatic rings. The fraction of sp³-hybridized carbons (Fsp3) is 0.913. The lowest BCUT2D eigenvalue weighted by atomic mass is 9.74. The first-order valence-corrected chi connectivity index (χ1v) is 11.8. The normalized spacial score (nSPS) is 24.5. The van der Waals surface area contributed by atoms with Crippen LogP contribution in [0.2, 0.25) is 0 Å². The van der Waals surface area contributed by atoms with Gasteiger partial charge in [-0.2, -0.15) is 17.6 Å². The lowest BCUT2D eigenvalue weighted by Gasteiger charge is -2.42. The summed E-state index contributed by atoms with van der Waals surface area (Å²) in [6.45, 7) is 1.68. The zero-order valence-electron chi connectivity index (χ0n) is 18.3. The van der Waals surface area contributed by atoms with Crippen molar-refractivity contribution in [3.63, 3.8) is 0 Å². The minimum absolute atomic E-state index is 0.0984. The van der Waals surface area contributed by atoms with Gasteiger partial charge >= 0.3 is 23.8 Å². The molecule has 0 aliphatic heterocycles. The van der Waals surface area contributed by atoms with Crippen molar-refractivity contribution in [2.24, 2.45) is 5.92 Å². The second-order valence-corrected chi connectivity index (χ2v) is 9.63. The molecule has 0 bridgehead atoms. The number of carbonyl (C=O) groups excluding carboxylic acids is 2. The summed E-state index contributed by atoms with van der Waals surface area (Å²) >= 11 is 0. The van der Waals surface area contributed by atoms with Gasteiger partial charge in [0.25, 0.3) is 0 Å². The summed E-state index contributed by atoms with van der Waals surface area (Å²) in [6, 6.07) is 0. The molecule has 31 heavy (non-hydrogen) atoms. The number of rotatable bonds is 7. The van der Waals surface area contributed by atoms with Gasteiger partial charge in [-0.1, -0.05) is 32.6 Å². The molecule has 0 N–H and O–H groups in total. The van der Waals surface area contributed by atoms with E-state index in [4.69, 9.17) is 9.47 Å². The van der Waals surface area contributed by atoms with Gasteiger partial charge in [0.1, 0.15) is 11.2 Å². The second kappa shape index (κ2) is 9.26. The van der Waals surface area contributed by atoms with Crippen molar-refractivity contribution in [2.75, 3.05) is 0 Å². The maximum absolute atomic E-state index is 14.7. The van der Waals surface area contributed by atoms with E-state index < -0.39 is 35.0 Å². The van der Waals surface area contributed by atoms with Crippen molar-refractivity contribution in [3.8, 4) is 0 Å². The molecule has 178 valence electrons. The molecule has 3 saturated carbocycles. The lowest BCUT2D eigenvalue weighted by molar-refractivity contribution is -0.255. The van der Waals surface area contributed by atoms with Gasteiger partial charge in [-0.25, -0.2) is 9.59 Å². The van der Waals surface area contributed by atoms with Crippen LogP contribution in [0.1, 0.15) is 103 Å². The van der Waals surface area contributed by atoms with E-state index in [1.807, 2.05) is 0 Å². The van der Waals surface area contributed by atoms with E-state index >= 15 is 0 Å². The van der Waals surface area contributed by atoms with E-state index in [1.165, 1.54) is 0 Å². The predicted octanol–water partition coefficient (Wildman–Crippen LogP) is 6.35. The molecule has 0 saturated heterocycles. The Labute approximate surface area is 181 Å². The Balaban J connectivity index is 1.75. The zero-order chi connectivity index (χ0) is 22.8. The summed E-state index contributed by atoms with van der Waals surface area (Å²) in [6.07, 6.45) is 9.56. The molecule has 0 amide bonds. The highest BCUT2D eigenvalue weighted by molar-refractivity contribution is 5.90. The van der Waals surface area contributed by atoms with Crippen molar-refractivity contribution in [3.05, 3.63) is 0 Å². The van der Waals surface area contributed by atoms with E-state index in [-0.39, 0.29) is 12.3 Å². The highest BCUT2D eigenvalue weighted by Crippen LogP contribution is 2.48. The van der Waals surface area contributed by atoms with E-state index in [2.05, 4.69) is 0 Å². The van der Waals surface area contributed by atoms with Crippen LogP contribution in [0, 0.1) is 5.92 Å². The van der Waals surface area contributed by atoms with Crippen LogP contribution in [0.4, 0.5) is 17.6 Å². The molecule has 0 spiro atoms. The van der Waals surface area contributed by atoms with Crippen molar-refractivity contribution in [1.29, 1.82) is 0 Å². The van der Waals surface area contributed by atoms with Gasteiger partial charge in [0.05, 0.1) is 0 Å². The predicted molar refractivity (Wildman–Crippen MR) is 106 cm³/mol. The molecule has 0 atom stereocenters. The summed E-state index contributed by atoms with van der Waals surface area (Å²) in [5.41, 5.74) is -2.31. The van der Waals surface area contributed by atoms with E-state index in [1.54, 1.807) is 6.92 Å². The summed E-state index contributed by atoms with van der Waals surface area (Å²) in [5, 5.41) is 0. The number of esters is 2. The molecule has 3 fully saturated rings. The van der Waals surface area contributed by atoms with Crippen LogP contribution < -0.4 is 0 Å². The molecular weight excluding hydrogens is 416 g/mol. The minimum atomic E-state index is -5.28. The number of halogens is 4. The summed E-state index contributed by atoms with van der Waals surface area (Å²) in [5.74, 6) is -15.3. The number of hydrogen-bond acceptors (Lipinski definition) is 4. The van der Waals surface area contributed by atoms with Gasteiger partial charge in [0, 0.05) is 0 Å². The second-order valence-electron chi connectivity index (χ2n) is 9.63. The van der Waals surface area contributed by atoms with Crippen LogP contribution in [0.5, 0.6) is 0 Å². The quantitative estimate of drug-likeness (QED) is 0.335. The lowest BCUT2D eigenvalue weighted by Crippen LogP contribution is -2.58. The standard InChI is InChI=1S/C23H34F4O4/c1-2-20(13-7-3-8-14-20)30-18(28)22(24,25)23(26,27)19(29)31-21(15-9-4-10-16-21)17-11-5-6-12-17/h17H,2-16H2,1H3. The van der Waals surface area contributed by atoms with Crippen molar-refractivity contribution >= 4 is 11.9 Å². The Morgan fingerprint density at radius 1 is 0.742 bits per heavy atom. The van der Waals surface area contributed by atoms with Crippen LogP contribution in [-0.4, -0.2) is 35.0 Å². The average Bonchev–Trinajstić information content (AvgIpc) is 3.30. The van der Waals surface area contributed by atoms with Crippen molar-refractivity contribution in [2.45, 2.75) is 126 Å². The van der Waals surface area contributed by atoms with Crippen LogP contribution in [0.3, 0.4) is 0 Å². The minimum Gasteiger partial charge on any atom is -0.454 e. The Kier molecular flexibility index (Phi) is 7.26. The molecule has 0 radical (unpaired) electrons. The first kappa shape index (κ1) is 24.3. The van der Waals surface area contributed by atoms with Crippen LogP contribution in [0.25, 0.3) is 0 Å². The highest BCUT2D eigenvalue weighted by atomic mass is 19.3. The molecular formula is C23H34F4O4. The number of hydrogen-bond donors (Lipinski definition) is 0. The summed E-state index contributed by atoms with van der Waals surface area (Å²) in [4.78, 5) is 24.6. The monoisotopic (exact) mass is 450 g/mol. The fourth-order valence-electron chi connectivity index (χ4n) is 5.69. The topological polar surface area (TPSA) is 52.6 Å². The van der Waals surface area contributed by atoms with Gasteiger partial charge in [0.2, 0.25) is 0 Å². The van der Waals surface area contributed by atoms with Crippen LogP contribution in [-0.2, 0) is 19.1 Å². The van der Waals surface area contributed by atoms with Gasteiger partial charge in [-0.05, 0) is 76.5 Å². The Morgan fingerprint density at radius 2 is 1.19 bits per heavy atom.